The minimum Gasteiger partial charge on any atom is -0.347 e. The Morgan fingerprint density at radius 1 is 1.32 bits per heavy atom. The van der Waals surface area contributed by atoms with Gasteiger partial charge < -0.3 is 9.47 Å². The standard InChI is InChI=1S/C14H18O4S/c1-14(2)17-11-12(18-14)7-6-10-19(15,16)13-8-4-3-5-9-13/h3-9,12H,10-11H2,1-2H3/b7-6+/t12-/m0/s1. The third-order valence-electron chi connectivity index (χ3n) is 2.80. The summed E-state index contributed by atoms with van der Waals surface area (Å²) in [4.78, 5) is 0.337. The minimum atomic E-state index is -3.26. The predicted octanol–water partition coefficient (Wildman–Crippen LogP) is 2.17. The van der Waals surface area contributed by atoms with E-state index in [4.69, 9.17) is 9.47 Å². The lowest BCUT2D eigenvalue weighted by molar-refractivity contribution is -0.133. The number of ether oxygens (including phenoxy) is 2. The van der Waals surface area contributed by atoms with E-state index in [0.717, 1.165) is 0 Å². The lowest BCUT2D eigenvalue weighted by Gasteiger charge is -2.15. The molecule has 0 spiro atoms. The molecule has 2 rings (SSSR count). The first-order valence-electron chi connectivity index (χ1n) is 6.15. The van der Waals surface area contributed by atoms with Gasteiger partial charge in [0.1, 0.15) is 6.10 Å². The van der Waals surface area contributed by atoms with Crippen LogP contribution in [0.15, 0.2) is 47.4 Å². The normalized spacial score (nSPS) is 22.9. The minimum absolute atomic E-state index is 0.0305. The van der Waals surface area contributed by atoms with Gasteiger partial charge in [-0.15, -0.1) is 0 Å². The van der Waals surface area contributed by atoms with Crippen LogP contribution in [0.4, 0.5) is 0 Å². The Kier molecular flexibility index (Phi) is 4.08. The maximum absolute atomic E-state index is 12.0. The van der Waals surface area contributed by atoms with Crippen molar-refractivity contribution >= 4 is 9.84 Å². The summed E-state index contributed by atoms with van der Waals surface area (Å²) in [5.41, 5.74) is 0. The van der Waals surface area contributed by atoms with Crippen LogP contribution in [0, 0.1) is 0 Å². The van der Waals surface area contributed by atoms with E-state index >= 15 is 0 Å². The van der Waals surface area contributed by atoms with Crippen molar-refractivity contribution in [1.82, 2.24) is 0 Å². The zero-order valence-corrected chi connectivity index (χ0v) is 11.9. The zero-order chi connectivity index (χ0) is 13.9. The van der Waals surface area contributed by atoms with Gasteiger partial charge in [0.2, 0.25) is 0 Å². The highest BCUT2D eigenvalue weighted by molar-refractivity contribution is 7.91. The lowest BCUT2D eigenvalue weighted by Crippen LogP contribution is -2.20. The molecule has 0 amide bonds. The SMILES string of the molecule is CC1(C)OC[C@H](/C=C/CS(=O)(=O)c2ccccc2)O1. The molecule has 0 N–H and O–H groups in total. The summed E-state index contributed by atoms with van der Waals surface area (Å²) in [6.45, 7) is 4.12. The molecule has 0 aromatic heterocycles. The van der Waals surface area contributed by atoms with Gasteiger partial charge in [-0.1, -0.05) is 30.4 Å². The van der Waals surface area contributed by atoms with E-state index in [1.165, 1.54) is 0 Å². The van der Waals surface area contributed by atoms with Crippen LogP contribution in [0.25, 0.3) is 0 Å². The molecule has 104 valence electrons. The van der Waals surface area contributed by atoms with Crippen LogP contribution in [0.5, 0.6) is 0 Å². The largest absolute Gasteiger partial charge is 0.347 e. The van der Waals surface area contributed by atoms with Gasteiger partial charge in [0.25, 0.3) is 0 Å². The molecule has 1 aromatic rings. The molecule has 0 bridgehead atoms. The van der Waals surface area contributed by atoms with Crippen molar-refractivity contribution < 1.29 is 17.9 Å². The molecule has 5 heteroatoms. The van der Waals surface area contributed by atoms with Crippen molar-refractivity contribution in [2.75, 3.05) is 12.4 Å². The van der Waals surface area contributed by atoms with Gasteiger partial charge in [-0.05, 0) is 26.0 Å². The third-order valence-corrected chi connectivity index (χ3v) is 4.42. The molecule has 1 aliphatic rings. The van der Waals surface area contributed by atoms with E-state index in [-0.39, 0.29) is 11.9 Å². The molecule has 0 aliphatic carbocycles. The molecular weight excluding hydrogens is 264 g/mol. The number of hydrogen-bond acceptors (Lipinski definition) is 4. The Bertz CT molecular complexity index is 546. The summed E-state index contributed by atoms with van der Waals surface area (Å²) in [6, 6.07) is 8.42. The maximum Gasteiger partial charge on any atom is 0.181 e. The summed E-state index contributed by atoms with van der Waals surface area (Å²) in [5.74, 6) is -0.620. The first-order chi connectivity index (χ1) is 8.89. The molecule has 0 unspecified atom stereocenters. The highest BCUT2D eigenvalue weighted by atomic mass is 32.2. The highest BCUT2D eigenvalue weighted by Crippen LogP contribution is 2.22. The Balaban J connectivity index is 1.96. The van der Waals surface area contributed by atoms with Crippen molar-refractivity contribution in [3.8, 4) is 0 Å². The van der Waals surface area contributed by atoms with Crippen LogP contribution >= 0.6 is 0 Å². The van der Waals surface area contributed by atoms with Gasteiger partial charge in [-0.25, -0.2) is 8.42 Å². The van der Waals surface area contributed by atoms with Crippen molar-refractivity contribution in [3.63, 3.8) is 0 Å². The van der Waals surface area contributed by atoms with Gasteiger partial charge in [0.15, 0.2) is 15.6 Å². The Morgan fingerprint density at radius 2 is 2.00 bits per heavy atom. The number of rotatable bonds is 4. The maximum atomic E-state index is 12.0. The molecule has 1 aliphatic heterocycles. The number of sulfone groups is 1. The van der Waals surface area contributed by atoms with Crippen molar-refractivity contribution in [2.45, 2.75) is 30.6 Å². The Morgan fingerprint density at radius 3 is 2.58 bits per heavy atom. The topological polar surface area (TPSA) is 52.6 Å². The molecule has 1 saturated heterocycles. The van der Waals surface area contributed by atoms with Crippen LogP contribution in [-0.2, 0) is 19.3 Å². The molecule has 0 saturated carbocycles. The summed E-state index contributed by atoms with van der Waals surface area (Å²) in [5, 5.41) is 0. The van der Waals surface area contributed by atoms with E-state index < -0.39 is 15.6 Å². The van der Waals surface area contributed by atoms with E-state index in [1.807, 2.05) is 13.8 Å². The monoisotopic (exact) mass is 282 g/mol. The van der Waals surface area contributed by atoms with Crippen molar-refractivity contribution in [2.24, 2.45) is 0 Å². The zero-order valence-electron chi connectivity index (χ0n) is 11.1. The molecule has 19 heavy (non-hydrogen) atoms. The Hall–Kier alpha value is -1.17. The highest BCUT2D eigenvalue weighted by Gasteiger charge is 2.30. The number of benzene rings is 1. The van der Waals surface area contributed by atoms with Crippen molar-refractivity contribution in [1.29, 1.82) is 0 Å². The first-order valence-corrected chi connectivity index (χ1v) is 7.80. The smallest absolute Gasteiger partial charge is 0.181 e. The summed E-state index contributed by atoms with van der Waals surface area (Å²) < 4.78 is 35.0. The molecule has 4 nitrogen and oxygen atoms in total. The van der Waals surface area contributed by atoms with E-state index in [0.29, 0.717) is 11.5 Å². The van der Waals surface area contributed by atoms with Gasteiger partial charge >= 0.3 is 0 Å². The Labute approximate surface area is 114 Å². The molecule has 1 aromatic carbocycles. The van der Waals surface area contributed by atoms with Crippen LogP contribution in [0.2, 0.25) is 0 Å². The fraction of sp³-hybridized carbons (Fsp3) is 0.429. The second-order valence-electron chi connectivity index (χ2n) is 4.89. The molecule has 1 atom stereocenters. The van der Waals surface area contributed by atoms with E-state index in [1.54, 1.807) is 42.5 Å². The molecule has 0 radical (unpaired) electrons. The second kappa shape index (κ2) is 5.45. The number of hydrogen-bond donors (Lipinski definition) is 0. The predicted molar refractivity (Wildman–Crippen MR) is 72.5 cm³/mol. The van der Waals surface area contributed by atoms with E-state index in [2.05, 4.69) is 0 Å². The average Bonchev–Trinajstić information content (AvgIpc) is 2.70. The third kappa shape index (κ3) is 3.89. The molecule has 1 fully saturated rings. The quantitative estimate of drug-likeness (QED) is 0.794. The fourth-order valence-electron chi connectivity index (χ4n) is 1.87. The summed E-state index contributed by atoms with van der Waals surface area (Å²) in [6.07, 6.45) is 3.19. The van der Waals surface area contributed by atoms with Crippen molar-refractivity contribution in [3.05, 3.63) is 42.5 Å². The average molecular weight is 282 g/mol. The van der Waals surface area contributed by atoms with Gasteiger partial charge in [0, 0.05) is 0 Å². The van der Waals surface area contributed by atoms with Gasteiger partial charge in [-0.2, -0.15) is 0 Å². The molecule has 1 heterocycles. The summed E-state index contributed by atoms with van der Waals surface area (Å²) >= 11 is 0. The van der Waals surface area contributed by atoms with Gasteiger partial charge in [-0.3, -0.25) is 0 Å². The first kappa shape index (κ1) is 14.2. The molecular formula is C14H18O4S. The van der Waals surface area contributed by atoms with Crippen LogP contribution in [-0.4, -0.2) is 32.7 Å². The van der Waals surface area contributed by atoms with Crippen LogP contribution < -0.4 is 0 Å². The van der Waals surface area contributed by atoms with Crippen LogP contribution in [0.1, 0.15) is 13.8 Å². The van der Waals surface area contributed by atoms with Crippen LogP contribution in [0.3, 0.4) is 0 Å². The van der Waals surface area contributed by atoms with Gasteiger partial charge in [0.05, 0.1) is 17.3 Å². The summed E-state index contributed by atoms with van der Waals surface area (Å²) in [7, 11) is -3.26. The lowest BCUT2D eigenvalue weighted by atomic mass is 10.3. The second-order valence-corrected chi connectivity index (χ2v) is 6.92. The van der Waals surface area contributed by atoms with E-state index in [9.17, 15) is 8.42 Å². The fourth-order valence-corrected chi connectivity index (χ4v) is 3.00.